The van der Waals surface area contributed by atoms with Gasteiger partial charge >= 0.3 is 11.9 Å². The van der Waals surface area contributed by atoms with E-state index in [9.17, 15) is 9.59 Å². The second-order valence-corrected chi connectivity index (χ2v) is 3.44. The minimum absolute atomic E-state index is 0.0291. The molecule has 0 spiro atoms. The Morgan fingerprint density at radius 1 is 1.12 bits per heavy atom. The predicted molar refractivity (Wildman–Crippen MR) is 63.4 cm³/mol. The van der Waals surface area contributed by atoms with E-state index in [0.717, 1.165) is 6.08 Å². The van der Waals surface area contributed by atoms with Crippen LogP contribution in [-0.2, 0) is 9.59 Å². The van der Waals surface area contributed by atoms with Gasteiger partial charge in [-0.15, -0.1) is 0 Å². The third kappa shape index (κ3) is 3.95. The van der Waals surface area contributed by atoms with Crippen molar-refractivity contribution in [3.05, 3.63) is 53.1 Å². The molecular weight excluding hydrogens is 220 g/mol. The third-order valence-corrected chi connectivity index (χ3v) is 2.11. The molecule has 1 aromatic carbocycles. The fourth-order valence-electron chi connectivity index (χ4n) is 1.32. The van der Waals surface area contributed by atoms with Crippen LogP contribution in [0.3, 0.4) is 0 Å². The van der Waals surface area contributed by atoms with Gasteiger partial charge in [0.15, 0.2) is 0 Å². The summed E-state index contributed by atoms with van der Waals surface area (Å²) in [5.41, 5.74) is 0.885. The molecule has 0 aliphatic heterocycles. The maximum Gasteiger partial charge on any atom is 0.335 e. The fraction of sp³-hybridized carbons (Fsp3) is 0.0769. The van der Waals surface area contributed by atoms with Crippen molar-refractivity contribution in [2.45, 2.75) is 6.92 Å². The number of carboxylic acid groups (broad SMARTS) is 2. The number of benzene rings is 1. The Morgan fingerprint density at radius 2 is 1.71 bits per heavy atom. The molecule has 0 heterocycles. The zero-order chi connectivity index (χ0) is 12.8. The first-order valence-electron chi connectivity index (χ1n) is 4.92. The normalized spacial score (nSPS) is 12.3. The van der Waals surface area contributed by atoms with Gasteiger partial charge in [-0.05, 0) is 24.1 Å². The lowest BCUT2D eigenvalue weighted by Crippen LogP contribution is -2.03. The van der Waals surface area contributed by atoms with Gasteiger partial charge in [0.1, 0.15) is 0 Å². The summed E-state index contributed by atoms with van der Waals surface area (Å²) in [4.78, 5) is 21.5. The Kier molecular flexibility index (Phi) is 4.22. The van der Waals surface area contributed by atoms with Crippen molar-refractivity contribution in [3.63, 3.8) is 0 Å². The summed E-state index contributed by atoms with van der Waals surface area (Å²) in [5.74, 6) is -2.31. The van der Waals surface area contributed by atoms with Crippen molar-refractivity contribution < 1.29 is 19.8 Å². The highest BCUT2D eigenvalue weighted by Gasteiger charge is 2.10. The van der Waals surface area contributed by atoms with E-state index in [1.165, 1.54) is 13.0 Å². The molecule has 0 fully saturated rings. The molecule has 2 N–H and O–H groups in total. The summed E-state index contributed by atoms with van der Waals surface area (Å²) in [7, 11) is 0. The summed E-state index contributed by atoms with van der Waals surface area (Å²) in [6, 6.07) is 8.87. The van der Waals surface area contributed by atoms with Crippen LogP contribution >= 0.6 is 0 Å². The average Bonchev–Trinajstić information content (AvgIpc) is 2.25. The molecule has 0 bridgehead atoms. The van der Waals surface area contributed by atoms with Gasteiger partial charge in [-0.3, -0.25) is 0 Å². The number of hydrogen-bond acceptors (Lipinski definition) is 2. The smallest absolute Gasteiger partial charge is 0.335 e. The number of aliphatic carboxylic acids is 2. The van der Waals surface area contributed by atoms with Gasteiger partial charge in [0, 0.05) is 6.08 Å². The molecule has 0 aliphatic rings. The molecule has 0 saturated carbocycles. The van der Waals surface area contributed by atoms with Gasteiger partial charge in [-0.25, -0.2) is 9.59 Å². The van der Waals surface area contributed by atoms with Crippen LogP contribution in [-0.4, -0.2) is 22.2 Å². The standard InChI is InChI=1S/C13H12O4/c1-9(7-12(14)15)11(13(16)17)8-10-5-3-2-4-6-10/h2-8H,1H3,(H,14,15)(H,16,17)/b9-7+,11-8+. The molecule has 0 atom stereocenters. The molecule has 0 saturated heterocycles. The molecule has 1 rings (SSSR count). The Hall–Kier alpha value is -2.36. The predicted octanol–water partition coefficient (Wildman–Crippen LogP) is 2.19. The molecule has 17 heavy (non-hydrogen) atoms. The molecule has 0 radical (unpaired) electrons. The summed E-state index contributed by atoms with van der Waals surface area (Å²) in [6.45, 7) is 1.46. The Labute approximate surface area is 98.5 Å². The van der Waals surface area contributed by atoms with Gasteiger partial charge in [0.2, 0.25) is 0 Å². The number of hydrogen-bond donors (Lipinski definition) is 2. The largest absolute Gasteiger partial charge is 0.478 e. The second-order valence-electron chi connectivity index (χ2n) is 3.44. The van der Waals surface area contributed by atoms with Crippen molar-refractivity contribution in [2.75, 3.05) is 0 Å². The fourth-order valence-corrected chi connectivity index (χ4v) is 1.32. The first kappa shape index (κ1) is 12.7. The lowest BCUT2D eigenvalue weighted by molar-refractivity contribution is -0.132. The molecule has 4 heteroatoms. The lowest BCUT2D eigenvalue weighted by Gasteiger charge is -2.02. The minimum atomic E-state index is -1.16. The average molecular weight is 232 g/mol. The van der Waals surface area contributed by atoms with Crippen molar-refractivity contribution in [1.29, 1.82) is 0 Å². The molecule has 4 nitrogen and oxygen atoms in total. The van der Waals surface area contributed by atoms with Crippen LogP contribution in [0.4, 0.5) is 0 Å². The Balaban J connectivity index is 3.15. The molecule has 0 aliphatic carbocycles. The molecule has 0 aromatic heterocycles. The summed E-state index contributed by atoms with van der Waals surface area (Å²) < 4.78 is 0. The van der Waals surface area contributed by atoms with Gasteiger partial charge in [0.05, 0.1) is 5.57 Å². The maximum absolute atomic E-state index is 11.0. The van der Waals surface area contributed by atoms with Gasteiger partial charge in [-0.2, -0.15) is 0 Å². The molecule has 0 unspecified atom stereocenters. The number of rotatable bonds is 4. The van der Waals surface area contributed by atoms with Crippen LogP contribution < -0.4 is 0 Å². The monoisotopic (exact) mass is 232 g/mol. The maximum atomic E-state index is 11.0. The lowest BCUT2D eigenvalue weighted by atomic mass is 10.0. The first-order valence-corrected chi connectivity index (χ1v) is 4.92. The van der Waals surface area contributed by atoms with E-state index in [1.807, 2.05) is 6.07 Å². The van der Waals surface area contributed by atoms with Crippen LogP contribution in [0.2, 0.25) is 0 Å². The highest BCUT2D eigenvalue weighted by molar-refractivity contribution is 5.98. The second kappa shape index (κ2) is 5.65. The minimum Gasteiger partial charge on any atom is -0.478 e. The van der Waals surface area contributed by atoms with Crippen LogP contribution in [0, 0.1) is 0 Å². The topological polar surface area (TPSA) is 74.6 Å². The first-order chi connectivity index (χ1) is 8.00. The highest BCUT2D eigenvalue weighted by Crippen LogP contribution is 2.14. The van der Waals surface area contributed by atoms with Crippen LogP contribution in [0.15, 0.2) is 47.6 Å². The number of carboxylic acids is 2. The molecule has 88 valence electrons. The van der Waals surface area contributed by atoms with E-state index in [1.54, 1.807) is 24.3 Å². The number of carbonyl (C=O) groups is 2. The van der Waals surface area contributed by atoms with Crippen LogP contribution in [0.1, 0.15) is 12.5 Å². The van der Waals surface area contributed by atoms with Crippen molar-refractivity contribution in [1.82, 2.24) is 0 Å². The highest BCUT2D eigenvalue weighted by atomic mass is 16.4. The zero-order valence-corrected chi connectivity index (χ0v) is 9.25. The van der Waals surface area contributed by atoms with Gasteiger partial charge in [-0.1, -0.05) is 30.3 Å². The molecule has 0 amide bonds. The van der Waals surface area contributed by atoms with E-state index >= 15 is 0 Å². The van der Waals surface area contributed by atoms with E-state index in [4.69, 9.17) is 10.2 Å². The van der Waals surface area contributed by atoms with Crippen LogP contribution in [0.25, 0.3) is 6.08 Å². The van der Waals surface area contributed by atoms with Crippen molar-refractivity contribution in [2.24, 2.45) is 0 Å². The SMILES string of the molecule is CC(=C\C(=O)O)/C(=C\c1ccccc1)C(=O)O. The molecule has 1 aromatic rings. The Bertz CT molecular complexity index is 483. The third-order valence-electron chi connectivity index (χ3n) is 2.11. The van der Waals surface area contributed by atoms with Gasteiger partial charge in [0.25, 0.3) is 0 Å². The van der Waals surface area contributed by atoms with Crippen molar-refractivity contribution in [3.8, 4) is 0 Å². The summed E-state index contributed by atoms with van der Waals surface area (Å²) in [6.07, 6.45) is 2.32. The summed E-state index contributed by atoms with van der Waals surface area (Å²) in [5, 5.41) is 17.6. The van der Waals surface area contributed by atoms with E-state index in [-0.39, 0.29) is 11.1 Å². The Morgan fingerprint density at radius 3 is 2.18 bits per heavy atom. The van der Waals surface area contributed by atoms with E-state index < -0.39 is 11.9 Å². The van der Waals surface area contributed by atoms with Crippen molar-refractivity contribution >= 4 is 18.0 Å². The quantitative estimate of drug-likeness (QED) is 0.616. The van der Waals surface area contributed by atoms with Gasteiger partial charge < -0.3 is 10.2 Å². The van der Waals surface area contributed by atoms with Crippen LogP contribution in [0.5, 0.6) is 0 Å². The summed E-state index contributed by atoms with van der Waals surface area (Å²) >= 11 is 0. The van der Waals surface area contributed by atoms with E-state index in [0.29, 0.717) is 5.56 Å². The molecular formula is C13H12O4. The zero-order valence-electron chi connectivity index (χ0n) is 9.25. The van der Waals surface area contributed by atoms with E-state index in [2.05, 4.69) is 0 Å².